The Morgan fingerprint density at radius 2 is 1.74 bits per heavy atom. The van der Waals surface area contributed by atoms with Crippen molar-refractivity contribution in [2.75, 3.05) is 6.54 Å². The Kier molecular flexibility index (Phi) is 6.73. The SMILES string of the molecule is CC(C)(C)CN1C(=O)[C@@](C)(CC(=O)O)C[C@H](c2cccc(Cl)c2)[C@H]1c1ccc(Cl)cc1. The molecule has 0 spiro atoms. The molecule has 1 aliphatic rings. The Balaban J connectivity index is 2.20. The number of hydrogen-bond acceptors (Lipinski definition) is 2. The average Bonchev–Trinajstić information content (AvgIpc) is 2.65. The van der Waals surface area contributed by atoms with Crippen molar-refractivity contribution in [1.29, 1.82) is 0 Å². The van der Waals surface area contributed by atoms with Gasteiger partial charge in [0.2, 0.25) is 5.91 Å². The second kappa shape index (κ2) is 8.84. The molecular formula is C25H29Cl2NO3. The first-order chi connectivity index (χ1) is 14.4. The number of amides is 1. The second-order valence-corrected chi connectivity index (χ2v) is 10.9. The lowest BCUT2D eigenvalue weighted by molar-refractivity contribution is -0.159. The van der Waals surface area contributed by atoms with Crippen molar-refractivity contribution >= 4 is 35.1 Å². The summed E-state index contributed by atoms with van der Waals surface area (Å²) in [4.78, 5) is 27.3. The van der Waals surface area contributed by atoms with E-state index in [1.807, 2.05) is 53.4 Å². The number of carbonyl (C=O) groups is 2. The lowest BCUT2D eigenvalue weighted by atomic mass is 9.67. The zero-order valence-electron chi connectivity index (χ0n) is 18.4. The number of carboxylic acid groups (broad SMARTS) is 1. The molecule has 31 heavy (non-hydrogen) atoms. The number of benzene rings is 2. The molecule has 0 aromatic heterocycles. The van der Waals surface area contributed by atoms with Crippen LogP contribution in [0.1, 0.15) is 63.6 Å². The van der Waals surface area contributed by atoms with E-state index in [9.17, 15) is 14.7 Å². The number of hydrogen-bond donors (Lipinski definition) is 1. The molecule has 0 radical (unpaired) electrons. The molecule has 1 N–H and O–H groups in total. The molecule has 1 heterocycles. The van der Waals surface area contributed by atoms with Gasteiger partial charge in [0.15, 0.2) is 0 Å². The van der Waals surface area contributed by atoms with Crippen LogP contribution in [0.25, 0.3) is 0 Å². The van der Waals surface area contributed by atoms with Gasteiger partial charge < -0.3 is 10.0 Å². The van der Waals surface area contributed by atoms with E-state index in [1.165, 1.54) is 0 Å². The maximum absolute atomic E-state index is 13.8. The van der Waals surface area contributed by atoms with Gasteiger partial charge in [-0.15, -0.1) is 0 Å². The fourth-order valence-electron chi connectivity index (χ4n) is 4.65. The number of piperidine rings is 1. The van der Waals surface area contributed by atoms with E-state index in [0.29, 0.717) is 23.0 Å². The molecule has 0 bridgehead atoms. The summed E-state index contributed by atoms with van der Waals surface area (Å²) in [6.07, 6.45) is 0.212. The third-order valence-corrected chi connectivity index (χ3v) is 6.33. The Bertz CT molecular complexity index is 967. The average molecular weight is 462 g/mol. The van der Waals surface area contributed by atoms with Crippen LogP contribution in [0.15, 0.2) is 48.5 Å². The molecule has 0 saturated carbocycles. The lowest BCUT2D eigenvalue weighted by Gasteiger charge is -2.50. The van der Waals surface area contributed by atoms with Crippen LogP contribution in [0.3, 0.4) is 0 Å². The summed E-state index contributed by atoms with van der Waals surface area (Å²) in [6, 6.07) is 15.0. The van der Waals surface area contributed by atoms with E-state index in [4.69, 9.17) is 23.2 Å². The van der Waals surface area contributed by atoms with Crippen molar-refractivity contribution < 1.29 is 14.7 Å². The highest BCUT2D eigenvalue weighted by Gasteiger charge is 2.51. The fraction of sp³-hybridized carbons (Fsp3) is 0.440. The molecule has 0 unspecified atom stereocenters. The molecular weight excluding hydrogens is 433 g/mol. The zero-order valence-corrected chi connectivity index (χ0v) is 19.9. The lowest BCUT2D eigenvalue weighted by Crippen LogP contribution is -2.54. The highest BCUT2D eigenvalue weighted by molar-refractivity contribution is 6.30. The summed E-state index contributed by atoms with van der Waals surface area (Å²) >= 11 is 12.4. The molecule has 1 fully saturated rings. The quantitative estimate of drug-likeness (QED) is 0.546. The van der Waals surface area contributed by atoms with Crippen LogP contribution < -0.4 is 0 Å². The monoisotopic (exact) mass is 461 g/mol. The summed E-state index contributed by atoms with van der Waals surface area (Å²) < 4.78 is 0. The molecule has 3 atom stereocenters. The molecule has 1 aliphatic heterocycles. The maximum atomic E-state index is 13.8. The summed E-state index contributed by atoms with van der Waals surface area (Å²) in [5.41, 5.74) is 0.799. The van der Waals surface area contributed by atoms with Crippen molar-refractivity contribution in [1.82, 2.24) is 4.90 Å². The van der Waals surface area contributed by atoms with Crippen molar-refractivity contribution in [2.24, 2.45) is 10.8 Å². The number of likely N-dealkylation sites (tertiary alicyclic amines) is 1. The molecule has 2 aromatic rings. The van der Waals surface area contributed by atoms with Gasteiger partial charge in [0.05, 0.1) is 17.9 Å². The van der Waals surface area contributed by atoms with Crippen LogP contribution in [-0.2, 0) is 9.59 Å². The smallest absolute Gasteiger partial charge is 0.304 e. The number of rotatable bonds is 5. The van der Waals surface area contributed by atoms with E-state index < -0.39 is 11.4 Å². The van der Waals surface area contributed by atoms with Crippen molar-refractivity contribution in [3.63, 3.8) is 0 Å². The van der Waals surface area contributed by atoms with Crippen molar-refractivity contribution in [2.45, 2.75) is 52.5 Å². The fourth-order valence-corrected chi connectivity index (χ4v) is 4.97. The van der Waals surface area contributed by atoms with Crippen LogP contribution >= 0.6 is 23.2 Å². The van der Waals surface area contributed by atoms with Gasteiger partial charge in [-0.05, 0) is 47.2 Å². The highest BCUT2D eigenvalue weighted by atomic mass is 35.5. The van der Waals surface area contributed by atoms with Crippen molar-refractivity contribution in [3.8, 4) is 0 Å². The van der Waals surface area contributed by atoms with Crippen LogP contribution in [0, 0.1) is 10.8 Å². The van der Waals surface area contributed by atoms with Gasteiger partial charge in [-0.2, -0.15) is 0 Å². The summed E-state index contributed by atoms with van der Waals surface area (Å²) in [5, 5.41) is 10.8. The molecule has 166 valence electrons. The Morgan fingerprint density at radius 3 is 2.29 bits per heavy atom. The van der Waals surface area contributed by atoms with E-state index in [-0.39, 0.29) is 29.7 Å². The summed E-state index contributed by atoms with van der Waals surface area (Å²) in [7, 11) is 0. The van der Waals surface area contributed by atoms with Crippen molar-refractivity contribution in [3.05, 3.63) is 69.7 Å². The largest absolute Gasteiger partial charge is 0.481 e. The summed E-state index contributed by atoms with van der Waals surface area (Å²) in [6.45, 7) is 8.52. The molecule has 3 rings (SSSR count). The standard InChI is InChI=1S/C25H29Cl2NO3/c1-24(2,3)15-28-22(16-8-10-18(26)11-9-16)20(17-6-5-7-19(27)12-17)13-25(4,23(28)31)14-21(29)30/h5-12,20,22H,13-15H2,1-4H3,(H,29,30)/t20-,22-,25-/m1/s1. The normalized spacial score (nSPS) is 24.3. The minimum atomic E-state index is -1.01. The Labute approximate surface area is 194 Å². The van der Waals surface area contributed by atoms with E-state index in [0.717, 1.165) is 11.1 Å². The molecule has 2 aromatic carbocycles. The third kappa shape index (κ3) is 5.42. The van der Waals surface area contributed by atoms with Crippen LogP contribution in [0.2, 0.25) is 10.0 Å². The third-order valence-electron chi connectivity index (χ3n) is 5.84. The van der Waals surface area contributed by atoms with E-state index in [1.54, 1.807) is 6.92 Å². The molecule has 1 amide bonds. The topological polar surface area (TPSA) is 57.6 Å². The Morgan fingerprint density at radius 1 is 1.10 bits per heavy atom. The van der Waals surface area contributed by atoms with Gasteiger partial charge in [0, 0.05) is 22.5 Å². The minimum Gasteiger partial charge on any atom is -0.481 e. The first kappa shape index (κ1) is 23.6. The highest BCUT2D eigenvalue weighted by Crippen LogP contribution is 2.51. The molecule has 4 nitrogen and oxygen atoms in total. The van der Waals surface area contributed by atoms with Gasteiger partial charge in [-0.1, -0.05) is 75.2 Å². The Hall–Kier alpha value is -2.04. The molecule has 0 aliphatic carbocycles. The van der Waals surface area contributed by atoms with Gasteiger partial charge in [-0.3, -0.25) is 9.59 Å². The zero-order chi connectivity index (χ0) is 23.0. The predicted molar refractivity (Wildman–Crippen MR) is 125 cm³/mol. The minimum absolute atomic E-state index is 0.107. The number of nitrogens with zero attached hydrogens (tertiary/aromatic N) is 1. The maximum Gasteiger partial charge on any atom is 0.304 e. The molecule has 1 saturated heterocycles. The summed E-state index contributed by atoms with van der Waals surface area (Å²) in [5.74, 6) is -1.20. The second-order valence-electron chi connectivity index (χ2n) is 9.99. The first-order valence-electron chi connectivity index (χ1n) is 10.4. The van der Waals surface area contributed by atoms with Gasteiger partial charge in [0.25, 0.3) is 0 Å². The van der Waals surface area contributed by atoms with Gasteiger partial charge in [0.1, 0.15) is 0 Å². The number of aliphatic carboxylic acids is 1. The first-order valence-corrected chi connectivity index (χ1v) is 11.2. The molecule has 6 heteroatoms. The van der Waals surface area contributed by atoms with Crippen LogP contribution in [0.5, 0.6) is 0 Å². The number of carbonyl (C=O) groups excluding carboxylic acids is 1. The van der Waals surface area contributed by atoms with Crippen LogP contribution in [0.4, 0.5) is 0 Å². The van der Waals surface area contributed by atoms with Gasteiger partial charge in [-0.25, -0.2) is 0 Å². The van der Waals surface area contributed by atoms with E-state index >= 15 is 0 Å². The van der Waals surface area contributed by atoms with Gasteiger partial charge >= 0.3 is 5.97 Å². The predicted octanol–water partition coefficient (Wildman–Crippen LogP) is 6.58. The number of halogens is 2. The van der Waals surface area contributed by atoms with Crippen LogP contribution in [-0.4, -0.2) is 28.4 Å². The number of carboxylic acids is 1. The van der Waals surface area contributed by atoms with E-state index in [2.05, 4.69) is 20.8 Å².